The van der Waals surface area contributed by atoms with Crippen LogP contribution in [0, 0.1) is 0 Å². The molecule has 0 saturated carbocycles. The number of hydrogen-bond acceptors (Lipinski definition) is 4. The van der Waals surface area contributed by atoms with Crippen molar-refractivity contribution in [2.24, 2.45) is 0 Å². The van der Waals surface area contributed by atoms with Gasteiger partial charge in [-0.3, -0.25) is 0 Å². The van der Waals surface area contributed by atoms with Gasteiger partial charge in [-0.2, -0.15) is 16.9 Å². The minimum absolute atomic E-state index is 0.00838. The molecule has 0 radical (unpaired) electrons. The molecule has 0 N–H and O–H groups in total. The molecule has 0 aliphatic carbocycles. The van der Waals surface area contributed by atoms with Gasteiger partial charge in [0.2, 0.25) is 10.0 Å². The zero-order chi connectivity index (χ0) is 15.9. The van der Waals surface area contributed by atoms with Crippen molar-refractivity contribution < 1.29 is 13.2 Å². The van der Waals surface area contributed by atoms with Gasteiger partial charge in [0.1, 0.15) is 5.75 Å². The van der Waals surface area contributed by atoms with E-state index in [9.17, 15) is 8.42 Å². The molecule has 6 heteroatoms. The number of thiol groups is 1. The molecule has 1 rings (SSSR count). The first kappa shape index (κ1) is 18.3. The Morgan fingerprint density at radius 1 is 1.24 bits per heavy atom. The topological polar surface area (TPSA) is 46.6 Å². The van der Waals surface area contributed by atoms with E-state index < -0.39 is 10.0 Å². The summed E-state index contributed by atoms with van der Waals surface area (Å²) in [6, 6.07) is 6.59. The summed E-state index contributed by atoms with van der Waals surface area (Å²) < 4.78 is 31.6. The lowest BCUT2D eigenvalue weighted by Crippen LogP contribution is -2.31. The minimum Gasteiger partial charge on any atom is -0.494 e. The second-order valence-corrected chi connectivity index (χ2v) is 8.09. The molecule has 21 heavy (non-hydrogen) atoms. The van der Waals surface area contributed by atoms with Gasteiger partial charge in [-0.15, -0.1) is 0 Å². The van der Waals surface area contributed by atoms with E-state index in [4.69, 9.17) is 4.74 Å². The van der Waals surface area contributed by atoms with Gasteiger partial charge in [-0.25, -0.2) is 8.42 Å². The maximum Gasteiger partial charge on any atom is 0.242 e. The predicted molar refractivity (Wildman–Crippen MR) is 89.7 cm³/mol. The average Bonchev–Trinajstić information content (AvgIpc) is 2.43. The fourth-order valence-corrected chi connectivity index (χ4v) is 3.52. The molecule has 4 nitrogen and oxygen atoms in total. The number of sulfonamides is 1. The van der Waals surface area contributed by atoms with Crippen LogP contribution < -0.4 is 4.74 Å². The molecule has 0 spiro atoms. The Morgan fingerprint density at radius 3 is 2.38 bits per heavy atom. The molecule has 0 aliphatic rings. The second-order valence-electron chi connectivity index (χ2n) is 5.16. The summed E-state index contributed by atoms with van der Waals surface area (Å²) in [4.78, 5) is 0.278. The zero-order valence-corrected chi connectivity index (χ0v) is 14.7. The van der Waals surface area contributed by atoms with E-state index in [-0.39, 0.29) is 10.1 Å². The van der Waals surface area contributed by atoms with Gasteiger partial charge in [-0.1, -0.05) is 26.7 Å². The fraction of sp³-hybridized carbons (Fsp3) is 0.600. The molecule has 0 aromatic heterocycles. The van der Waals surface area contributed by atoms with Crippen LogP contribution in [0.1, 0.15) is 33.1 Å². The van der Waals surface area contributed by atoms with E-state index in [1.807, 2.05) is 6.92 Å². The number of ether oxygens (including phenoxy) is 1. The van der Waals surface area contributed by atoms with Crippen LogP contribution >= 0.6 is 12.6 Å². The lowest BCUT2D eigenvalue weighted by Gasteiger charge is -2.19. The Morgan fingerprint density at radius 2 is 1.86 bits per heavy atom. The Hall–Kier alpha value is -0.720. The smallest absolute Gasteiger partial charge is 0.242 e. The number of benzene rings is 1. The second kappa shape index (κ2) is 8.66. The van der Waals surface area contributed by atoms with E-state index in [0.717, 1.165) is 19.3 Å². The van der Waals surface area contributed by atoms with Crippen molar-refractivity contribution in [2.45, 2.75) is 43.3 Å². The number of rotatable bonds is 9. The summed E-state index contributed by atoms with van der Waals surface area (Å²) >= 11 is 4.23. The van der Waals surface area contributed by atoms with Gasteiger partial charge in [0.25, 0.3) is 0 Å². The fourth-order valence-electron chi connectivity index (χ4n) is 1.90. The van der Waals surface area contributed by atoms with Gasteiger partial charge < -0.3 is 4.74 Å². The summed E-state index contributed by atoms with van der Waals surface area (Å²) in [5, 5.41) is -0.00838. The highest BCUT2D eigenvalue weighted by Gasteiger charge is 2.21. The molecule has 0 saturated heterocycles. The van der Waals surface area contributed by atoms with Crippen LogP contribution in [0.5, 0.6) is 5.75 Å². The van der Waals surface area contributed by atoms with Crippen LogP contribution in [0.3, 0.4) is 0 Å². The molecule has 0 heterocycles. The third-order valence-corrected chi connectivity index (χ3v) is 5.07. The largest absolute Gasteiger partial charge is 0.494 e. The summed E-state index contributed by atoms with van der Waals surface area (Å²) in [5.74, 6) is 0.704. The molecule has 1 aromatic rings. The van der Waals surface area contributed by atoms with Crippen LogP contribution in [0.25, 0.3) is 0 Å². The van der Waals surface area contributed by atoms with Crippen LogP contribution in [0.4, 0.5) is 0 Å². The number of nitrogens with zero attached hydrogens (tertiary/aromatic N) is 1. The van der Waals surface area contributed by atoms with E-state index in [2.05, 4.69) is 19.6 Å². The van der Waals surface area contributed by atoms with Crippen molar-refractivity contribution in [2.75, 3.05) is 20.2 Å². The molecule has 0 aliphatic heterocycles. The van der Waals surface area contributed by atoms with Crippen LogP contribution in [0.2, 0.25) is 0 Å². The summed E-state index contributed by atoms with van der Waals surface area (Å²) in [5.41, 5.74) is 0. The van der Waals surface area contributed by atoms with Gasteiger partial charge in [0.05, 0.1) is 11.5 Å². The Kier molecular flexibility index (Phi) is 7.56. The molecule has 1 unspecified atom stereocenters. The van der Waals surface area contributed by atoms with Crippen molar-refractivity contribution in [1.29, 1.82) is 0 Å². The molecule has 1 aromatic carbocycles. The maximum absolute atomic E-state index is 12.3. The first-order chi connectivity index (χ1) is 9.87. The predicted octanol–water partition coefficient (Wildman–Crippen LogP) is 3.19. The van der Waals surface area contributed by atoms with Crippen molar-refractivity contribution in [3.05, 3.63) is 24.3 Å². The van der Waals surface area contributed by atoms with Gasteiger partial charge in [0, 0.05) is 18.8 Å². The highest BCUT2D eigenvalue weighted by molar-refractivity contribution is 7.89. The Labute approximate surface area is 134 Å². The monoisotopic (exact) mass is 331 g/mol. The van der Waals surface area contributed by atoms with Crippen molar-refractivity contribution in [3.63, 3.8) is 0 Å². The van der Waals surface area contributed by atoms with Crippen LogP contribution in [-0.2, 0) is 10.0 Å². The zero-order valence-electron chi connectivity index (χ0n) is 12.9. The molecule has 1 atom stereocenters. The third kappa shape index (κ3) is 5.88. The van der Waals surface area contributed by atoms with Gasteiger partial charge in [0.15, 0.2) is 0 Å². The highest BCUT2D eigenvalue weighted by Crippen LogP contribution is 2.19. The van der Waals surface area contributed by atoms with Gasteiger partial charge >= 0.3 is 0 Å². The summed E-state index contributed by atoms with van der Waals surface area (Å²) in [7, 11) is -1.88. The molecule has 0 fully saturated rings. The molecular formula is C15H25NO3S2. The maximum atomic E-state index is 12.3. The van der Waals surface area contributed by atoms with E-state index in [1.165, 1.54) is 4.31 Å². The summed E-state index contributed by atoms with van der Waals surface area (Å²) in [6.45, 7) is 5.04. The highest BCUT2D eigenvalue weighted by atomic mass is 32.2. The summed E-state index contributed by atoms with van der Waals surface area (Å²) in [6.07, 6.45) is 3.30. The van der Waals surface area contributed by atoms with E-state index >= 15 is 0 Å². The molecule has 0 bridgehead atoms. The van der Waals surface area contributed by atoms with Gasteiger partial charge in [-0.05, 0) is 30.7 Å². The Balaban J connectivity index is 2.68. The van der Waals surface area contributed by atoms with Crippen LogP contribution in [0.15, 0.2) is 29.2 Å². The van der Waals surface area contributed by atoms with Crippen LogP contribution in [-0.4, -0.2) is 38.2 Å². The molecule has 0 amide bonds. The first-order valence-electron chi connectivity index (χ1n) is 7.25. The lowest BCUT2D eigenvalue weighted by atomic mass is 10.3. The van der Waals surface area contributed by atoms with E-state index in [0.29, 0.717) is 18.9 Å². The average molecular weight is 332 g/mol. The van der Waals surface area contributed by atoms with Crippen molar-refractivity contribution in [3.8, 4) is 5.75 Å². The molecular weight excluding hydrogens is 306 g/mol. The third-order valence-electron chi connectivity index (χ3n) is 3.07. The van der Waals surface area contributed by atoms with E-state index in [1.54, 1.807) is 31.3 Å². The standard InChI is InChI=1S/C15H25NO3S2/c1-4-5-6-11-19-14-7-9-15(10-8-14)21(17,18)16(3)12-13(2)20/h7-10,13,20H,4-6,11-12H2,1-3H3. The molecule has 120 valence electrons. The Bertz CT molecular complexity index is 512. The number of unbranched alkanes of at least 4 members (excludes halogenated alkanes) is 2. The first-order valence-corrected chi connectivity index (χ1v) is 9.21. The lowest BCUT2D eigenvalue weighted by molar-refractivity contribution is 0.306. The van der Waals surface area contributed by atoms with Crippen molar-refractivity contribution in [1.82, 2.24) is 4.31 Å². The SMILES string of the molecule is CCCCCOc1ccc(S(=O)(=O)N(C)CC(C)S)cc1. The van der Waals surface area contributed by atoms with Crippen molar-refractivity contribution >= 4 is 22.7 Å². The minimum atomic E-state index is -3.45. The quantitative estimate of drug-likeness (QED) is 0.558. The normalized spacial score (nSPS) is 13.4. The number of hydrogen-bond donors (Lipinski definition) is 1.